The number of likely N-dealkylation sites (tertiary alicyclic amines) is 1. The Kier molecular flexibility index (Phi) is 4.63. The number of nitrogens with one attached hydrogen (secondary N) is 1. The van der Waals surface area contributed by atoms with Crippen molar-refractivity contribution in [1.29, 1.82) is 0 Å². The van der Waals surface area contributed by atoms with Crippen molar-refractivity contribution in [3.05, 3.63) is 17.4 Å². The number of aliphatic carboxylic acids is 1. The van der Waals surface area contributed by atoms with E-state index in [2.05, 4.69) is 4.72 Å². The number of carboxylic acids is 1. The van der Waals surface area contributed by atoms with E-state index in [1.54, 1.807) is 0 Å². The third kappa shape index (κ3) is 3.06. The zero-order valence-corrected chi connectivity index (χ0v) is 15.0. The lowest BCUT2D eigenvalue weighted by Crippen LogP contribution is -2.46. The Labute approximate surface area is 146 Å². The van der Waals surface area contributed by atoms with Crippen LogP contribution in [0.5, 0.6) is 0 Å². The van der Waals surface area contributed by atoms with Gasteiger partial charge in [-0.1, -0.05) is 12.8 Å². The van der Waals surface area contributed by atoms with E-state index < -0.39 is 27.9 Å². The fourth-order valence-electron chi connectivity index (χ4n) is 4.01. The molecule has 1 aliphatic heterocycles. The normalized spacial score (nSPS) is 26.5. The fourth-order valence-corrected chi connectivity index (χ4v) is 4.72. The molecule has 3 atom stereocenters. The Balaban J connectivity index is 1.97. The smallest absolute Gasteiger partial charge is 0.326 e. The van der Waals surface area contributed by atoms with Gasteiger partial charge < -0.3 is 14.4 Å². The van der Waals surface area contributed by atoms with Crippen molar-refractivity contribution in [1.82, 2.24) is 9.62 Å². The molecule has 3 rings (SSSR count). The van der Waals surface area contributed by atoms with Crippen molar-refractivity contribution in [2.45, 2.75) is 56.2 Å². The molecular formula is C16H22N2O6S. The monoisotopic (exact) mass is 370 g/mol. The van der Waals surface area contributed by atoms with Gasteiger partial charge in [0.15, 0.2) is 0 Å². The van der Waals surface area contributed by atoms with Crippen LogP contribution < -0.4 is 4.72 Å². The van der Waals surface area contributed by atoms with Crippen LogP contribution >= 0.6 is 0 Å². The van der Waals surface area contributed by atoms with E-state index in [-0.39, 0.29) is 28.4 Å². The van der Waals surface area contributed by atoms with Crippen LogP contribution in [0.1, 0.15) is 48.2 Å². The number of hydrogen-bond acceptors (Lipinski definition) is 5. The molecule has 3 unspecified atom stereocenters. The van der Waals surface area contributed by atoms with Crippen molar-refractivity contribution in [2.24, 2.45) is 5.92 Å². The summed E-state index contributed by atoms with van der Waals surface area (Å²) >= 11 is 0. The van der Waals surface area contributed by atoms with Crippen LogP contribution in [0.25, 0.3) is 0 Å². The number of rotatable bonds is 4. The van der Waals surface area contributed by atoms with Gasteiger partial charge in [0.25, 0.3) is 15.9 Å². The molecule has 1 saturated heterocycles. The number of nitrogens with zero attached hydrogens (tertiary/aromatic N) is 1. The molecule has 1 aromatic heterocycles. The van der Waals surface area contributed by atoms with Gasteiger partial charge in [-0.15, -0.1) is 0 Å². The summed E-state index contributed by atoms with van der Waals surface area (Å²) in [6.07, 6.45) is 4.15. The van der Waals surface area contributed by atoms with Gasteiger partial charge in [-0.25, -0.2) is 17.9 Å². The van der Waals surface area contributed by atoms with Crippen molar-refractivity contribution < 1.29 is 27.5 Å². The van der Waals surface area contributed by atoms with E-state index in [0.717, 1.165) is 25.7 Å². The van der Waals surface area contributed by atoms with Crippen LogP contribution in [0.15, 0.2) is 15.6 Å². The van der Waals surface area contributed by atoms with E-state index in [1.165, 1.54) is 24.9 Å². The molecule has 2 N–H and O–H groups in total. The number of hydrogen-bond donors (Lipinski definition) is 2. The molecule has 0 bridgehead atoms. The summed E-state index contributed by atoms with van der Waals surface area (Å²) in [7, 11) is -2.56. The van der Waals surface area contributed by atoms with Crippen molar-refractivity contribution in [3.8, 4) is 0 Å². The topological polar surface area (TPSA) is 117 Å². The van der Waals surface area contributed by atoms with Gasteiger partial charge in [0.05, 0.1) is 5.56 Å². The summed E-state index contributed by atoms with van der Waals surface area (Å²) in [4.78, 5) is 26.1. The maximum absolute atomic E-state index is 13.1. The molecule has 2 aliphatic rings. The van der Waals surface area contributed by atoms with Gasteiger partial charge in [0, 0.05) is 12.1 Å². The zero-order valence-electron chi connectivity index (χ0n) is 14.2. The fraction of sp³-hybridized carbons (Fsp3) is 0.625. The lowest BCUT2D eigenvalue weighted by atomic mass is 9.84. The molecule has 25 heavy (non-hydrogen) atoms. The minimum Gasteiger partial charge on any atom is -0.480 e. The molecule has 2 fully saturated rings. The van der Waals surface area contributed by atoms with Gasteiger partial charge in [0.1, 0.15) is 11.8 Å². The van der Waals surface area contributed by atoms with E-state index in [0.29, 0.717) is 6.42 Å². The maximum Gasteiger partial charge on any atom is 0.326 e. The third-order valence-electron chi connectivity index (χ3n) is 5.27. The maximum atomic E-state index is 13.1. The van der Waals surface area contributed by atoms with Crippen LogP contribution in [-0.2, 0) is 14.8 Å². The molecule has 1 amide bonds. The molecule has 0 aromatic carbocycles. The van der Waals surface area contributed by atoms with Gasteiger partial charge >= 0.3 is 5.97 Å². The Hall–Kier alpha value is -1.87. The highest BCUT2D eigenvalue weighted by Crippen LogP contribution is 2.41. The van der Waals surface area contributed by atoms with Gasteiger partial charge in [0.2, 0.25) is 5.09 Å². The quantitative estimate of drug-likeness (QED) is 0.826. The summed E-state index contributed by atoms with van der Waals surface area (Å²) in [6, 6.07) is 0.193. The van der Waals surface area contributed by atoms with E-state index in [9.17, 15) is 23.1 Å². The lowest BCUT2D eigenvalue weighted by molar-refractivity contribution is -0.141. The first-order valence-electron chi connectivity index (χ1n) is 8.35. The van der Waals surface area contributed by atoms with Crippen LogP contribution in [0.2, 0.25) is 0 Å². The number of carbonyl (C=O) groups is 2. The van der Waals surface area contributed by atoms with Crippen molar-refractivity contribution in [2.75, 3.05) is 7.05 Å². The van der Waals surface area contributed by atoms with Crippen LogP contribution in [0, 0.1) is 12.8 Å². The second-order valence-electron chi connectivity index (χ2n) is 6.66. The molecule has 2 heterocycles. The van der Waals surface area contributed by atoms with Crippen LogP contribution in [0.3, 0.4) is 0 Å². The average molecular weight is 370 g/mol. The second kappa shape index (κ2) is 6.45. The molecule has 138 valence electrons. The lowest BCUT2D eigenvalue weighted by Gasteiger charge is -2.32. The third-order valence-corrected chi connectivity index (χ3v) is 6.54. The highest BCUT2D eigenvalue weighted by molar-refractivity contribution is 7.89. The Morgan fingerprint density at radius 1 is 1.32 bits per heavy atom. The van der Waals surface area contributed by atoms with Crippen LogP contribution in [-0.4, -0.2) is 49.4 Å². The summed E-state index contributed by atoms with van der Waals surface area (Å²) in [6.45, 7) is 1.51. The Morgan fingerprint density at radius 2 is 2.00 bits per heavy atom. The van der Waals surface area contributed by atoms with Crippen molar-refractivity contribution in [3.63, 3.8) is 0 Å². The summed E-state index contributed by atoms with van der Waals surface area (Å²) in [5, 5.41) is 9.20. The van der Waals surface area contributed by atoms with E-state index >= 15 is 0 Å². The Morgan fingerprint density at radius 3 is 2.64 bits per heavy atom. The zero-order chi connectivity index (χ0) is 18.4. The molecule has 8 nitrogen and oxygen atoms in total. The van der Waals surface area contributed by atoms with Crippen molar-refractivity contribution >= 4 is 21.9 Å². The first-order chi connectivity index (χ1) is 11.8. The van der Waals surface area contributed by atoms with Gasteiger partial charge in [-0.2, -0.15) is 0 Å². The highest BCUT2D eigenvalue weighted by Gasteiger charge is 2.48. The number of furan rings is 1. The SMILES string of the molecule is CNS(=O)(=O)c1cc(C(=O)N2C(C(=O)O)CC3CCCCC32)c(C)o1. The highest BCUT2D eigenvalue weighted by atomic mass is 32.2. The molecule has 0 spiro atoms. The molecule has 1 saturated carbocycles. The number of amides is 1. The second-order valence-corrected chi connectivity index (χ2v) is 8.47. The molecule has 1 aromatic rings. The number of carboxylic acid groups (broad SMARTS) is 1. The summed E-state index contributed by atoms with van der Waals surface area (Å²) in [5.74, 6) is -1.14. The number of carbonyl (C=O) groups excluding carboxylic acids is 1. The number of aryl methyl sites for hydroxylation is 1. The first-order valence-corrected chi connectivity index (χ1v) is 9.84. The minimum absolute atomic E-state index is 0.103. The molecular weight excluding hydrogens is 348 g/mol. The van der Waals surface area contributed by atoms with E-state index in [4.69, 9.17) is 4.42 Å². The molecule has 1 aliphatic carbocycles. The largest absolute Gasteiger partial charge is 0.480 e. The summed E-state index contributed by atoms with van der Waals surface area (Å²) in [5.41, 5.74) is 0.103. The average Bonchev–Trinajstić information content (AvgIpc) is 3.15. The molecule has 9 heteroatoms. The Bertz CT molecular complexity index is 800. The van der Waals surface area contributed by atoms with Crippen LogP contribution in [0.4, 0.5) is 0 Å². The molecule has 0 radical (unpaired) electrons. The number of fused-ring (bicyclic) bond motifs is 1. The van der Waals surface area contributed by atoms with Gasteiger partial charge in [-0.3, -0.25) is 4.79 Å². The predicted octanol–water partition coefficient (Wildman–Crippen LogP) is 1.35. The standard InChI is InChI=1S/C16H22N2O6S/c1-9-11(8-14(24-9)25(22,23)17-2)15(19)18-12-6-4-3-5-10(12)7-13(18)16(20)21/h8,10,12-13,17H,3-7H2,1-2H3,(H,20,21). The minimum atomic E-state index is -3.81. The number of sulfonamides is 1. The van der Waals surface area contributed by atoms with E-state index in [1.807, 2.05) is 0 Å². The van der Waals surface area contributed by atoms with Gasteiger partial charge in [-0.05, 0) is 39.2 Å². The predicted molar refractivity (Wildman–Crippen MR) is 87.6 cm³/mol. The first kappa shape index (κ1) is 17.9. The summed E-state index contributed by atoms with van der Waals surface area (Å²) < 4.78 is 31.1.